The number of aryl methyl sites for hydroxylation is 1. The minimum Gasteiger partial charge on any atom is -0.386 e. The van der Waals surface area contributed by atoms with E-state index in [0.717, 1.165) is 5.69 Å². The molecule has 0 aliphatic heterocycles. The number of para-hydroxylation sites is 1. The minimum absolute atomic E-state index is 0.351. The fourth-order valence-electron chi connectivity index (χ4n) is 1.90. The van der Waals surface area contributed by atoms with Crippen LogP contribution in [0.3, 0.4) is 0 Å². The fourth-order valence-corrected chi connectivity index (χ4v) is 1.90. The second kappa shape index (κ2) is 5.22. The lowest BCUT2D eigenvalue weighted by molar-refractivity contribution is 0.169. The second-order valence-electron chi connectivity index (χ2n) is 4.41. The Morgan fingerprint density at radius 1 is 1.20 bits per heavy atom. The van der Waals surface area contributed by atoms with Gasteiger partial charge in [-0.3, -0.25) is 4.68 Å². The fraction of sp³-hybridized carbons (Fsp3) is 0.231. The van der Waals surface area contributed by atoms with Crippen molar-refractivity contribution in [3.05, 3.63) is 54.4 Å². The molecule has 3 rings (SSSR count). The molecule has 0 bridgehead atoms. The van der Waals surface area contributed by atoms with Crippen molar-refractivity contribution in [2.75, 3.05) is 0 Å². The number of nitrogens with zero attached hydrogens (tertiary/aromatic N) is 6. The van der Waals surface area contributed by atoms with Crippen molar-refractivity contribution in [3.8, 4) is 5.69 Å². The Morgan fingerprint density at radius 2 is 2.00 bits per heavy atom. The first kappa shape index (κ1) is 12.5. The zero-order valence-corrected chi connectivity index (χ0v) is 11.0. The zero-order chi connectivity index (χ0) is 13.9. The highest BCUT2D eigenvalue weighted by atomic mass is 16.3. The quantitative estimate of drug-likeness (QED) is 0.753. The number of aliphatic hydroxyl groups is 1. The molecule has 0 amide bonds. The van der Waals surface area contributed by atoms with Crippen LogP contribution in [0.15, 0.2) is 42.9 Å². The summed E-state index contributed by atoms with van der Waals surface area (Å²) in [5, 5.41) is 22.6. The van der Waals surface area contributed by atoms with Gasteiger partial charge in [0.1, 0.15) is 23.9 Å². The summed E-state index contributed by atoms with van der Waals surface area (Å²) >= 11 is 0. The first-order valence-corrected chi connectivity index (χ1v) is 6.22. The molecule has 1 atom stereocenters. The van der Waals surface area contributed by atoms with Gasteiger partial charge in [0.05, 0.1) is 11.9 Å². The Bertz CT molecular complexity index is 690. The van der Waals surface area contributed by atoms with E-state index in [1.807, 2.05) is 30.3 Å². The monoisotopic (exact) mass is 270 g/mol. The Morgan fingerprint density at radius 3 is 2.70 bits per heavy atom. The molecule has 7 heteroatoms. The van der Waals surface area contributed by atoms with E-state index in [2.05, 4.69) is 20.3 Å². The summed E-state index contributed by atoms with van der Waals surface area (Å²) in [6.07, 6.45) is 2.62. The summed E-state index contributed by atoms with van der Waals surface area (Å²) in [4.78, 5) is 5.58. The molecule has 0 aliphatic carbocycles. The third-order valence-electron chi connectivity index (χ3n) is 3.02. The number of aromatic nitrogens is 6. The van der Waals surface area contributed by atoms with Gasteiger partial charge in [0.15, 0.2) is 0 Å². The van der Waals surface area contributed by atoms with E-state index in [4.69, 9.17) is 0 Å². The van der Waals surface area contributed by atoms with Crippen LogP contribution in [0.1, 0.15) is 17.6 Å². The lowest BCUT2D eigenvalue weighted by atomic mass is 10.2. The van der Waals surface area contributed by atoms with Crippen LogP contribution in [-0.2, 0) is 13.5 Å². The van der Waals surface area contributed by atoms with Crippen LogP contribution in [-0.4, -0.2) is 34.9 Å². The first-order valence-electron chi connectivity index (χ1n) is 6.22. The van der Waals surface area contributed by atoms with Gasteiger partial charge in [-0.05, 0) is 12.1 Å². The van der Waals surface area contributed by atoms with Gasteiger partial charge in [-0.1, -0.05) is 18.2 Å². The molecule has 0 spiro atoms. The average molecular weight is 270 g/mol. The molecule has 0 aliphatic rings. The lowest BCUT2D eigenvalue weighted by Gasteiger charge is -2.06. The highest BCUT2D eigenvalue weighted by Crippen LogP contribution is 2.15. The van der Waals surface area contributed by atoms with Crippen molar-refractivity contribution in [1.29, 1.82) is 0 Å². The van der Waals surface area contributed by atoms with Crippen molar-refractivity contribution < 1.29 is 5.11 Å². The number of rotatable bonds is 4. The van der Waals surface area contributed by atoms with Crippen molar-refractivity contribution in [2.24, 2.45) is 7.05 Å². The number of hydrogen-bond donors (Lipinski definition) is 1. The first-order chi connectivity index (χ1) is 9.74. The van der Waals surface area contributed by atoms with Crippen LogP contribution >= 0.6 is 0 Å². The van der Waals surface area contributed by atoms with Gasteiger partial charge < -0.3 is 5.11 Å². The summed E-state index contributed by atoms with van der Waals surface area (Å²) < 4.78 is 1.63. The normalized spacial score (nSPS) is 12.5. The highest BCUT2D eigenvalue weighted by molar-refractivity contribution is 5.28. The molecule has 0 radical (unpaired) electrons. The van der Waals surface area contributed by atoms with E-state index in [1.165, 1.54) is 11.1 Å². The standard InChI is InChI=1S/C13H14N6O/c1-18-13(14-9-16-18)7-12(20)11-8-15-19(17-11)10-5-3-2-4-6-10/h2-6,8-9,12,20H,7H2,1H3. The summed E-state index contributed by atoms with van der Waals surface area (Å²) in [6, 6.07) is 9.55. The van der Waals surface area contributed by atoms with Gasteiger partial charge in [0, 0.05) is 13.5 Å². The second-order valence-corrected chi connectivity index (χ2v) is 4.41. The molecule has 2 aromatic heterocycles. The average Bonchev–Trinajstić information content (AvgIpc) is 3.10. The topological polar surface area (TPSA) is 81.6 Å². The molecule has 102 valence electrons. The molecule has 0 saturated heterocycles. The van der Waals surface area contributed by atoms with E-state index >= 15 is 0 Å². The zero-order valence-electron chi connectivity index (χ0n) is 11.0. The smallest absolute Gasteiger partial charge is 0.138 e. The molecular weight excluding hydrogens is 256 g/mol. The van der Waals surface area contributed by atoms with Gasteiger partial charge in [0.2, 0.25) is 0 Å². The molecule has 0 saturated carbocycles. The summed E-state index contributed by atoms with van der Waals surface area (Å²) in [6.45, 7) is 0. The van der Waals surface area contributed by atoms with Crippen LogP contribution in [0.25, 0.3) is 5.69 Å². The van der Waals surface area contributed by atoms with Gasteiger partial charge >= 0.3 is 0 Å². The Hall–Kier alpha value is -2.54. The Balaban J connectivity index is 1.78. The number of benzene rings is 1. The largest absolute Gasteiger partial charge is 0.386 e. The van der Waals surface area contributed by atoms with Gasteiger partial charge in [-0.25, -0.2) is 4.98 Å². The molecule has 1 unspecified atom stereocenters. The Kier molecular flexibility index (Phi) is 3.26. The predicted octanol–water partition coefficient (Wildman–Crippen LogP) is 0.672. The van der Waals surface area contributed by atoms with Crippen molar-refractivity contribution in [3.63, 3.8) is 0 Å². The molecule has 0 fully saturated rings. The number of aliphatic hydroxyl groups excluding tert-OH is 1. The van der Waals surface area contributed by atoms with Crippen LogP contribution in [0.5, 0.6) is 0 Å². The molecule has 20 heavy (non-hydrogen) atoms. The summed E-state index contributed by atoms with van der Waals surface area (Å²) in [5.74, 6) is 0.701. The van der Waals surface area contributed by atoms with Gasteiger partial charge in [0.25, 0.3) is 0 Å². The molecule has 2 heterocycles. The van der Waals surface area contributed by atoms with Crippen LogP contribution in [0, 0.1) is 0 Å². The molecule has 3 aromatic rings. The Labute approximate surface area is 115 Å². The maximum atomic E-state index is 10.2. The highest BCUT2D eigenvalue weighted by Gasteiger charge is 2.16. The summed E-state index contributed by atoms with van der Waals surface area (Å²) in [7, 11) is 1.79. The maximum absolute atomic E-state index is 10.2. The molecule has 1 aromatic carbocycles. The third-order valence-corrected chi connectivity index (χ3v) is 3.02. The number of hydrogen-bond acceptors (Lipinski definition) is 5. The van der Waals surface area contributed by atoms with E-state index in [9.17, 15) is 5.11 Å². The third kappa shape index (κ3) is 2.43. The minimum atomic E-state index is -0.754. The van der Waals surface area contributed by atoms with E-state index < -0.39 is 6.10 Å². The SMILES string of the molecule is Cn1ncnc1CC(O)c1cnn(-c2ccccc2)n1. The van der Waals surface area contributed by atoms with E-state index in [-0.39, 0.29) is 0 Å². The van der Waals surface area contributed by atoms with Gasteiger partial charge in [-0.2, -0.15) is 20.1 Å². The van der Waals surface area contributed by atoms with Crippen LogP contribution in [0.4, 0.5) is 0 Å². The van der Waals surface area contributed by atoms with Crippen molar-refractivity contribution >= 4 is 0 Å². The summed E-state index contributed by atoms with van der Waals surface area (Å²) in [5.41, 5.74) is 1.36. The van der Waals surface area contributed by atoms with E-state index in [1.54, 1.807) is 17.9 Å². The van der Waals surface area contributed by atoms with Crippen molar-refractivity contribution in [2.45, 2.75) is 12.5 Å². The molecular formula is C13H14N6O. The van der Waals surface area contributed by atoms with Crippen LogP contribution < -0.4 is 0 Å². The van der Waals surface area contributed by atoms with Crippen LogP contribution in [0.2, 0.25) is 0 Å². The molecule has 7 nitrogen and oxygen atoms in total. The molecule has 1 N–H and O–H groups in total. The van der Waals surface area contributed by atoms with Crippen molar-refractivity contribution in [1.82, 2.24) is 29.8 Å². The van der Waals surface area contributed by atoms with E-state index in [0.29, 0.717) is 17.9 Å². The maximum Gasteiger partial charge on any atom is 0.138 e. The lowest BCUT2D eigenvalue weighted by Crippen LogP contribution is -2.08. The van der Waals surface area contributed by atoms with Gasteiger partial charge in [-0.15, -0.1) is 0 Å². The predicted molar refractivity (Wildman–Crippen MR) is 71.0 cm³/mol.